The van der Waals surface area contributed by atoms with Crippen molar-refractivity contribution < 1.29 is 9.59 Å². The first-order valence-electron chi connectivity index (χ1n) is 10.1. The molecule has 0 spiro atoms. The first-order chi connectivity index (χ1) is 15.0. The van der Waals surface area contributed by atoms with Crippen LogP contribution in [0, 0.1) is 0 Å². The molecule has 0 radical (unpaired) electrons. The molecule has 7 heteroatoms. The molecule has 2 aliphatic heterocycles. The van der Waals surface area contributed by atoms with Gasteiger partial charge in [0.15, 0.2) is 0 Å². The van der Waals surface area contributed by atoms with Crippen LogP contribution in [0.25, 0.3) is 0 Å². The average molecular weight is 411 g/mol. The Balaban J connectivity index is 1.64. The van der Waals surface area contributed by atoms with E-state index in [2.05, 4.69) is 5.32 Å². The fourth-order valence-corrected chi connectivity index (χ4v) is 4.20. The lowest BCUT2D eigenvalue weighted by molar-refractivity contribution is -0.120. The minimum atomic E-state index is -1.08. The van der Waals surface area contributed by atoms with E-state index in [9.17, 15) is 9.59 Å². The Hall–Kier alpha value is -4.13. The van der Waals surface area contributed by atoms with Gasteiger partial charge >= 0.3 is 0 Å². The molecule has 3 aromatic carbocycles. The molecule has 5 rings (SSSR count). The lowest BCUT2D eigenvalue weighted by atomic mass is 9.97. The van der Waals surface area contributed by atoms with Gasteiger partial charge in [0.1, 0.15) is 0 Å². The number of para-hydroxylation sites is 1. The number of benzene rings is 3. The molecule has 3 aromatic rings. The minimum Gasteiger partial charge on any atom is -0.399 e. The topological polar surface area (TPSA) is 114 Å². The number of amides is 2. The molecule has 0 unspecified atom stereocenters. The van der Waals surface area contributed by atoms with E-state index in [4.69, 9.17) is 16.5 Å². The van der Waals surface area contributed by atoms with E-state index in [-0.39, 0.29) is 5.91 Å². The number of nitrogens with zero attached hydrogens (tertiary/aromatic N) is 2. The van der Waals surface area contributed by atoms with E-state index in [1.807, 2.05) is 42.5 Å². The Bertz CT molecular complexity index is 1240. The molecule has 7 nitrogen and oxygen atoms in total. The summed E-state index contributed by atoms with van der Waals surface area (Å²) in [6.45, 7) is 0.516. The molecule has 0 bridgehead atoms. The van der Waals surface area contributed by atoms with E-state index in [0.29, 0.717) is 35.6 Å². The van der Waals surface area contributed by atoms with Crippen molar-refractivity contribution in [3.05, 3.63) is 89.0 Å². The quantitative estimate of drug-likeness (QED) is 0.574. The molecular weight excluding hydrogens is 390 g/mol. The summed E-state index contributed by atoms with van der Waals surface area (Å²) in [6.07, 6.45) is -0.380. The zero-order valence-electron chi connectivity index (χ0n) is 16.7. The van der Waals surface area contributed by atoms with Gasteiger partial charge in [0.25, 0.3) is 11.8 Å². The molecule has 0 aromatic heterocycles. The summed E-state index contributed by atoms with van der Waals surface area (Å²) in [5, 5.41) is 2.77. The van der Waals surface area contributed by atoms with Gasteiger partial charge in [-0.3, -0.25) is 9.59 Å². The third-order valence-electron chi connectivity index (χ3n) is 5.62. The highest BCUT2D eigenvalue weighted by Gasteiger charge is 2.37. The predicted octanol–water partition coefficient (Wildman–Crippen LogP) is 2.35. The number of nitrogens with one attached hydrogen (secondary N) is 1. The second-order valence-electron chi connectivity index (χ2n) is 7.62. The van der Waals surface area contributed by atoms with Crippen LogP contribution in [0.1, 0.15) is 27.0 Å². The fourth-order valence-electron chi connectivity index (χ4n) is 4.20. The van der Waals surface area contributed by atoms with Crippen molar-refractivity contribution >= 4 is 34.6 Å². The fraction of sp³-hybridized carbons (Fsp3) is 0.125. The monoisotopic (exact) mass is 411 g/mol. The molecule has 1 atom stereocenters. The van der Waals surface area contributed by atoms with Crippen LogP contribution in [-0.2, 0) is 11.2 Å². The largest absolute Gasteiger partial charge is 0.399 e. The van der Waals surface area contributed by atoms with Crippen molar-refractivity contribution in [1.82, 2.24) is 5.32 Å². The Labute approximate surface area is 179 Å². The second-order valence-corrected chi connectivity index (χ2v) is 7.62. The van der Waals surface area contributed by atoms with Crippen LogP contribution in [0.3, 0.4) is 0 Å². The van der Waals surface area contributed by atoms with Crippen LogP contribution in [0.5, 0.6) is 0 Å². The van der Waals surface area contributed by atoms with Crippen molar-refractivity contribution in [1.29, 1.82) is 0 Å². The number of nitrogen functional groups attached to an aromatic ring is 2. The Morgan fingerprint density at radius 3 is 2.55 bits per heavy atom. The minimum absolute atomic E-state index is 0.279. The van der Waals surface area contributed by atoms with Crippen LogP contribution in [-0.4, -0.2) is 30.2 Å². The first kappa shape index (κ1) is 18.9. The zero-order valence-corrected chi connectivity index (χ0v) is 16.7. The van der Waals surface area contributed by atoms with Gasteiger partial charge in [0.05, 0.1) is 17.0 Å². The van der Waals surface area contributed by atoms with Crippen molar-refractivity contribution in [2.75, 3.05) is 22.9 Å². The summed E-state index contributed by atoms with van der Waals surface area (Å²) in [5.41, 5.74) is 17.5. The van der Waals surface area contributed by atoms with Crippen molar-refractivity contribution in [3.63, 3.8) is 0 Å². The Morgan fingerprint density at radius 1 is 1.03 bits per heavy atom. The van der Waals surface area contributed by atoms with Gasteiger partial charge in [-0.05, 0) is 36.2 Å². The van der Waals surface area contributed by atoms with Crippen LogP contribution in [0.2, 0.25) is 0 Å². The van der Waals surface area contributed by atoms with Gasteiger partial charge in [-0.2, -0.15) is 0 Å². The highest BCUT2D eigenvalue weighted by atomic mass is 16.2. The summed E-state index contributed by atoms with van der Waals surface area (Å²) >= 11 is 0. The van der Waals surface area contributed by atoms with Gasteiger partial charge < -0.3 is 21.7 Å². The Kier molecular flexibility index (Phi) is 4.43. The van der Waals surface area contributed by atoms with Gasteiger partial charge in [-0.15, -0.1) is 0 Å². The van der Waals surface area contributed by atoms with E-state index in [1.54, 1.807) is 29.2 Å². The number of aliphatic imine (C=N–C) groups is 1. The lowest BCUT2D eigenvalue weighted by Gasteiger charge is -2.21. The SMILES string of the molecule is Nc1cc2c3c(c1)C(c1ccccc1)=N[C@@H](NC(=O)c1ccccc1N)C(=O)N3CC2. The molecule has 2 aliphatic rings. The van der Waals surface area contributed by atoms with Crippen LogP contribution >= 0.6 is 0 Å². The molecule has 31 heavy (non-hydrogen) atoms. The average Bonchev–Trinajstić information content (AvgIpc) is 3.15. The standard InChI is InChI=1S/C24H21N5O2/c25-16-12-15-10-11-29-21(15)18(13-16)20(14-6-2-1-3-7-14)27-22(24(29)31)28-23(30)17-8-4-5-9-19(17)26/h1-9,12-13,22H,10-11,25-26H2,(H,28,30)/t22-/m0/s1. The summed E-state index contributed by atoms with van der Waals surface area (Å²) in [4.78, 5) is 32.8. The number of carbonyl (C=O) groups is 2. The molecular formula is C24H21N5O2. The lowest BCUT2D eigenvalue weighted by Crippen LogP contribution is -2.47. The van der Waals surface area contributed by atoms with E-state index >= 15 is 0 Å². The van der Waals surface area contributed by atoms with Crippen molar-refractivity contribution in [2.45, 2.75) is 12.6 Å². The first-order valence-corrected chi connectivity index (χ1v) is 10.1. The molecule has 5 N–H and O–H groups in total. The number of hydrogen-bond acceptors (Lipinski definition) is 5. The summed E-state index contributed by atoms with van der Waals surface area (Å²) in [6, 6.07) is 20.1. The second kappa shape index (κ2) is 7.28. The molecule has 0 saturated heterocycles. The van der Waals surface area contributed by atoms with Gasteiger partial charge in [-0.1, -0.05) is 42.5 Å². The van der Waals surface area contributed by atoms with Crippen LogP contribution < -0.4 is 21.7 Å². The smallest absolute Gasteiger partial charge is 0.272 e. The van der Waals surface area contributed by atoms with Crippen molar-refractivity contribution in [2.24, 2.45) is 4.99 Å². The number of nitrogens with two attached hydrogens (primary N) is 2. The Morgan fingerprint density at radius 2 is 1.77 bits per heavy atom. The molecule has 2 amide bonds. The maximum Gasteiger partial charge on any atom is 0.272 e. The third kappa shape index (κ3) is 3.20. The van der Waals surface area contributed by atoms with Gasteiger partial charge in [0.2, 0.25) is 6.17 Å². The maximum atomic E-state index is 13.4. The van der Waals surface area contributed by atoms with E-state index in [0.717, 1.165) is 22.4 Å². The third-order valence-corrected chi connectivity index (χ3v) is 5.62. The molecule has 0 aliphatic carbocycles. The number of hydrogen-bond donors (Lipinski definition) is 3. The van der Waals surface area contributed by atoms with E-state index < -0.39 is 12.1 Å². The predicted molar refractivity (Wildman–Crippen MR) is 121 cm³/mol. The summed E-state index contributed by atoms with van der Waals surface area (Å²) < 4.78 is 0. The molecule has 0 fully saturated rings. The normalized spacial score (nSPS) is 17.0. The van der Waals surface area contributed by atoms with Gasteiger partial charge in [0, 0.05) is 29.0 Å². The van der Waals surface area contributed by atoms with Gasteiger partial charge in [-0.25, -0.2) is 4.99 Å². The maximum absolute atomic E-state index is 13.4. The van der Waals surface area contributed by atoms with Crippen molar-refractivity contribution in [3.8, 4) is 0 Å². The molecule has 2 heterocycles. The molecule has 0 saturated carbocycles. The summed E-state index contributed by atoms with van der Waals surface area (Å²) in [5.74, 6) is -0.726. The highest BCUT2D eigenvalue weighted by Crippen LogP contribution is 2.38. The number of rotatable bonds is 3. The van der Waals surface area contributed by atoms with E-state index in [1.165, 1.54) is 0 Å². The highest BCUT2D eigenvalue weighted by molar-refractivity contribution is 6.21. The van der Waals surface area contributed by atoms with Crippen LogP contribution in [0.4, 0.5) is 17.1 Å². The summed E-state index contributed by atoms with van der Waals surface area (Å²) in [7, 11) is 0. The zero-order chi connectivity index (χ0) is 21.5. The number of anilines is 3. The molecule has 154 valence electrons. The van der Waals surface area contributed by atoms with Crippen LogP contribution in [0.15, 0.2) is 71.7 Å². The number of carbonyl (C=O) groups excluding carboxylic acids is 2.